The normalized spacial score (nSPS) is 12.3. The van der Waals surface area contributed by atoms with Gasteiger partial charge in [-0.05, 0) is 87.0 Å². The molecule has 3 aromatic heterocycles. The molecule has 0 fully saturated rings. The molecule has 6 aromatic carbocycles. The van der Waals surface area contributed by atoms with Gasteiger partial charge < -0.3 is 0 Å². The minimum absolute atomic E-state index is 0.591. The molecule has 9 aromatic rings. The lowest BCUT2D eigenvalue weighted by Crippen LogP contribution is -2.01. The predicted octanol–water partition coefficient (Wildman–Crippen LogP) is 13.0. The van der Waals surface area contributed by atoms with Crippen LogP contribution in [0.4, 0.5) is 0 Å². The second-order valence-electron chi connectivity index (χ2n) is 13.8. The molecule has 57 heavy (non-hydrogen) atoms. The number of fused-ring (bicyclic) bond motifs is 6. The maximum Gasteiger partial charge on any atom is 0.164 e. The highest BCUT2D eigenvalue weighted by Crippen LogP contribution is 2.44. The average molecular weight is 748 g/mol. The van der Waals surface area contributed by atoms with Gasteiger partial charge in [-0.15, -0.1) is 0 Å². The number of benzene rings is 6. The second-order valence-corrected chi connectivity index (χ2v) is 14.9. The molecule has 0 unspecified atom stereocenters. The van der Waals surface area contributed by atoms with Gasteiger partial charge in [-0.3, -0.25) is 9.97 Å². The van der Waals surface area contributed by atoms with Crippen LogP contribution in [0.25, 0.3) is 90.8 Å². The van der Waals surface area contributed by atoms with E-state index in [-0.39, 0.29) is 0 Å². The van der Waals surface area contributed by atoms with Gasteiger partial charge in [-0.2, -0.15) is 0 Å². The van der Waals surface area contributed by atoms with Crippen LogP contribution in [-0.4, -0.2) is 24.9 Å². The van der Waals surface area contributed by atoms with Crippen molar-refractivity contribution in [1.29, 1.82) is 0 Å². The van der Waals surface area contributed by atoms with Gasteiger partial charge in [0, 0.05) is 62.4 Å². The molecule has 0 N–H and O–H groups in total. The van der Waals surface area contributed by atoms with Gasteiger partial charge in [0.05, 0.1) is 0 Å². The van der Waals surface area contributed by atoms with Crippen LogP contribution < -0.4 is 0 Å². The van der Waals surface area contributed by atoms with Crippen LogP contribution >= 0.6 is 11.8 Å². The minimum Gasteiger partial charge on any atom is -0.264 e. The van der Waals surface area contributed by atoms with Crippen LogP contribution in [-0.2, 0) is 0 Å². The van der Waals surface area contributed by atoms with Crippen molar-refractivity contribution in [3.05, 3.63) is 200 Å². The van der Waals surface area contributed by atoms with Crippen molar-refractivity contribution in [2.45, 2.75) is 9.79 Å². The molecule has 0 aliphatic carbocycles. The van der Waals surface area contributed by atoms with Gasteiger partial charge >= 0.3 is 0 Å². The summed E-state index contributed by atoms with van der Waals surface area (Å²) in [5.41, 5.74) is 13.8. The largest absolute Gasteiger partial charge is 0.264 e. The fourth-order valence-electron chi connectivity index (χ4n) is 7.32. The predicted molar refractivity (Wildman–Crippen MR) is 233 cm³/mol. The molecule has 5 nitrogen and oxygen atoms in total. The summed E-state index contributed by atoms with van der Waals surface area (Å²) in [7, 11) is 0. The molecule has 0 radical (unpaired) electrons. The number of hydrogen-bond donors (Lipinski definition) is 0. The first-order valence-corrected chi connectivity index (χ1v) is 19.6. The van der Waals surface area contributed by atoms with E-state index >= 15 is 0 Å². The lowest BCUT2D eigenvalue weighted by Gasteiger charge is -2.15. The Morgan fingerprint density at radius 1 is 0.316 bits per heavy atom. The van der Waals surface area contributed by atoms with Crippen LogP contribution in [0, 0.1) is 0 Å². The number of pyridine rings is 2. The summed E-state index contributed by atoms with van der Waals surface area (Å²) in [6, 6.07) is 57.1. The third-order valence-electron chi connectivity index (χ3n) is 10.2. The Balaban J connectivity index is 1.16. The van der Waals surface area contributed by atoms with Crippen molar-refractivity contribution < 1.29 is 0 Å². The topological polar surface area (TPSA) is 64.5 Å². The second kappa shape index (κ2) is 15.1. The van der Waals surface area contributed by atoms with Crippen molar-refractivity contribution in [1.82, 2.24) is 24.9 Å². The first-order valence-electron chi connectivity index (χ1n) is 18.8. The summed E-state index contributed by atoms with van der Waals surface area (Å²) in [6.45, 7) is 0. The molecule has 0 saturated carbocycles. The van der Waals surface area contributed by atoms with Gasteiger partial charge in [0.2, 0.25) is 0 Å². The first kappa shape index (κ1) is 34.2. The highest BCUT2D eigenvalue weighted by molar-refractivity contribution is 7.99. The number of nitrogens with zero attached hydrogens (tertiary/aromatic N) is 5. The SMILES string of the molecule is C1=C\c2ccc(-c3nc(-c4cccc(-c5cccnc5)c4)nc(-c4cccc(-c5cccnc5)c4)n3)cc2-c2ccccc2Sc2ccccc2-c2ccccc2/1. The van der Waals surface area contributed by atoms with Crippen LogP contribution in [0.2, 0.25) is 0 Å². The van der Waals surface area contributed by atoms with Gasteiger partial charge in [-0.1, -0.05) is 145 Å². The van der Waals surface area contributed by atoms with Gasteiger partial charge in [-0.25, -0.2) is 15.0 Å². The third kappa shape index (κ3) is 6.95. The molecule has 1 aliphatic rings. The van der Waals surface area contributed by atoms with E-state index < -0.39 is 0 Å². The molecule has 268 valence electrons. The summed E-state index contributed by atoms with van der Waals surface area (Å²) in [5.74, 6) is 1.77. The van der Waals surface area contributed by atoms with E-state index in [1.165, 1.54) is 26.5 Å². The molecule has 10 rings (SSSR count). The third-order valence-corrected chi connectivity index (χ3v) is 11.3. The fourth-order valence-corrected chi connectivity index (χ4v) is 8.43. The minimum atomic E-state index is 0.591. The number of hydrogen-bond acceptors (Lipinski definition) is 6. The van der Waals surface area contributed by atoms with Crippen LogP contribution in [0.5, 0.6) is 0 Å². The highest BCUT2D eigenvalue weighted by atomic mass is 32.2. The van der Waals surface area contributed by atoms with E-state index in [9.17, 15) is 0 Å². The summed E-state index contributed by atoms with van der Waals surface area (Å²) < 4.78 is 0. The Labute approximate surface area is 335 Å². The Morgan fingerprint density at radius 2 is 0.772 bits per heavy atom. The summed E-state index contributed by atoms with van der Waals surface area (Å²) >= 11 is 1.80. The summed E-state index contributed by atoms with van der Waals surface area (Å²) in [6.07, 6.45) is 11.8. The molecule has 1 aliphatic heterocycles. The van der Waals surface area contributed by atoms with E-state index in [1.54, 1.807) is 24.2 Å². The molecule has 6 heteroatoms. The molecule has 0 bridgehead atoms. The van der Waals surface area contributed by atoms with E-state index in [2.05, 4.69) is 162 Å². The zero-order chi connectivity index (χ0) is 38.0. The van der Waals surface area contributed by atoms with Crippen molar-refractivity contribution in [2.75, 3.05) is 0 Å². The Kier molecular flexibility index (Phi) is 9.07. The Bertz CT molecular complexity index is 2840. The summed E-state index contributed by atoms with van der Waals surface area (Å²) in [5, 5.41) is 0. The molecular weight excluding hydrogens is 715 g/mol. The number of rotatable bonds is 5. The zero-order valence-corrected chi connectivity index (χ0v) is 31.5. The quantitative estimate of drug-likeness (QED) is 0.175. The van der Waals surface area contributed by atoms with Crippen molar-refractivity contribution in [3.63, 3.8) is 0 Å². The maximum absolute atomic E-state index is 5.20. The monoisotopic (exact) mass is 747 g/mol. The zero-order valence-electron chi connectivity index (χ0n) is 30.7. The van der Waals surface area contributed by atoms with Crippen LogP contribution in [0.3, 0.4) is 0 Å². The smallest absolute Gasteiger partial charge is 0.164 e. The Morgan fingerprint density at radius 3 is 1.33 bits per heavy atom. The Hall–Kier alpha value is -7.28. The number of aromatic nitrogens is 5. The van der Waals surface area contributed by atoms with E-state index in [1.807, 2.05) is 36.7 Å². The first-order chi connectivity index (χ1) is 28.2. The fraction of sp³-hybridized carbons (Fsp3) is 0. The van der Waals surface area contributed by atoms with E-state index in [0.717, 1.165) is 55.6 Å². The molecular formula is C51H33N5S. The van der Waals surface area contributed by atoms with E-state index in [4.69, 9.17) is 15.0 Å². The van der Waals surface area contributed by atoms with Gasteiger partial charge in [0.1, 0.15) is 0 Å². The van der Waals surface area contributed by atoms with Gasteiger partial charge in [0.15, 0.2) is 17.5 Å². The lowest BCUT2D eigenvalue weighted by atomic mass is 9.95. The lowest BCUT2D eigenvalue weighted by molar-refractivity contribution is 1.07. The average Bonchev–Trinajstić information content (AvgIpc) is 3.31. The van der Waals surface area contributed by atoms with E-state index in [0.29, 0.717) is 17.5 Å². The van der Waals surface area contributed by atoms with Crippen LogP contribution in [0.1, 0.15) is 11.1 Å². The van der Waals surface area contributed by atoms with Gasteiger partial charge in [0.25, 0.3) is 0 Å². The molecule has 0 spiro atoms. The van der Waals surface area contributed by atoms with Crippen molar-refractivity contribution >= 4 is 23.9 Å². The van der Waals surface area contributed by atoms with Crippen molar-refractivity contribution in [2.24, 2.45) is 0 Å². The summed E-state index contributed by atoms with van der Waals surface area (Å²) in [4.78, 5) is 26.6. The molecule has 0 amide bonds. The van der Waals surface area contributed by atoms with Crippen molar-refractivity contribution in [3.8, 4) is 78.7 Å². The standard InChI is InChI=1S/C51H33N5S/c1-2-18-43-34(11-1)23-24-35-25-26-40(31-46(35)45-20-4-6-22-48(45)57-47-21-5-3-19-44(43)47)51-55-49(38-14-7-12-36(29-38)41-16-9-27-52-32-41)54-50(56-51)39-15-8-13-37(30-39)42-17-10-28-53-33-42/h1-33H/b24-23-. The van der Waals surface area contributed by atoms with Crippen LogP contribution in [0.15, 0.2) is 198 Å². The molecule has 0 saturated heterocycles. The maximum atomic E-state index is 5.20. The molecule has 0 atom stereocenters. The molecule has 4 heterocycles. The highest BCUT2D eigenvalue weighted by Gasteiger charge is 2.19.